The Labute approximate surface area is 292 Å². The molecule has 1 saturated carbocycles. The molecule has 0 spiro atoms. The molecule has 9 heteroatoms. The second kappa shape index (κ2) is 18.1. The maximum atomic E-state index is 14.0. The summed E-state index contributed by atoms with van der Waals surface area (Å²) in [5, 5.41) is 29.1. The number of carbonyl (C=O) groups excluding carboxylic acids is 2. The van der Waals surface area contributed by atoms with Crippen LogP contribution in [0.4, 0.5) is 0 Å². The van der Waals surface area contributed by atoms with Crippen LogP contribution in [-0.4, -0.2) is 89.1 Å². The minimum absolute atomic E-state index is 0.0134. The van der Waals surface area contributed by atoms with Gasteiger partial charge in [-0.3, -0.25) is 19.3 Å². The van der Waals surface area contributed by atoms with Crippen molar-refractivity contribution >= 4 is 11.8 Å². The van der Waals surface area contributed by atoms with Crippen molar-refractivity contribution in [3.8, 4) is 11.8 Å². The summed E-state index contributed by atoms with van der Waals surface area (Å²) >= 11 is 0. The summed E-state index contributed by atoms with van der Waals surface area (Å²) in [4.78, 5) is 35.3. The number of likely N-dealkylation sites (tertiary alicyclic amines) is 1. The van der Waals surface area contributed by atoms with Gasteiger partial charge in [-0.25, -0.2) is 0 Å². The van der Waals surface area contributed by atoms with E-state index >= 15 is 0 Å². The molecule has 2 aliphatic heterocycles. The molecule has 2 saturated heterocycles. The lowest BCUT2D eigenvalue weighted by molar-refractivity contribution is -0.184. The molecule has 9 nitrogen and oxygen atoms in total. The van der Waals surface area contributed by atoms with Crippen molar-refractivity contribution in [3.05, 3.63) is 71.8 Å². The number of hydrogen-bond acceptors (Lipinski definition) is 7. The second-order valence-corrected chi connectivity index (χ2v) is 14.5. The minimum Gasteiger partial charge on any atom is -0.394 e. The molecule has 1 aliphatic carbocycles. The van der Waals surface area contributed by atoms with E-state index in [0.717, 1.165) is 77.4 Å². The highest BCUT2D eigenvalue weighted by molar-refractivity contribution is 5.94. The number of benzene rings is 2. The van der Waals surface area contributed by atoms with Crippen molar-refractivity contribution in [1.29, 1.82) is 0 Å². The first-order valence-corrected chi connectivity index (χ1v) is 18.4. The lowest BCUT2D eigenvalue weighted by Crippen LogP contribution is -2.53. The zero-order chi connectivity index (χ0) is 34.6. The number of rotatable bonds is 14. The molecule has 2 amide bonds. The fourth-order valence-electron chi connectivity index (χ4n) is 8.18. The molecular formula is C40H56N4O5. The SMILES string of the molecule is CCCCCC1(C#CCNC(=O)c2ccccc2)CCCC(CN2O[C@H](CO)[C@H](C(C)O)[C@@H]2C(=O)N[C@@H]2CCN(Cc3ccccc3)C2)C1. The fourth-order valence-corrected chi connectivity index (χ4v) is 8.18. The number of carbonyl (C=O) groups is 2. The van der Waals surface area contributed by atoms with Gasteiger partial charge >= 0.3 is 0 Å². The van der Waals surface area contributed by atoms with Gasteiger partial charge in [-0.05, 0) is 62.6 Å². The summed E-state index contributed by atoms with van der Waals surface area (Å²) in [5.74, 6) is 6.34. The molecule has 4 N–H and O–H groups in total. The maximum absolute atomic E-state index is 14.0. The van der Waals surface area contributed by atoms with E-state index in [1.165, 1.54) is 5.56 Å². The van der Waals surface area contributed by atoms with Crippen molar-refractivity contribution in [2.24, 2.45) is 17.3 Å². The molecular weight excluding hydrogens is 616 g/mol. The number of hydrogen-bond donors (Lipinski definition) is 4. The van der Waals surface area contributed by atoms with Gasteiger partial charge in [0.15, 0.2) is 0 Å². The van der Waals surface area contributed by atoms with E-state index in [4.69, 9.17) is 4.84 Å². The third-order valence-corrected chi connectivity index (χ3v) is 10.6. The molecule has 0 radical (unpaired) electrons. The molecule has 2 aromatic rings. The zero-order valence-electron chi connectivity index (χ0n) is 29.4. The van der Waals surface area contributed by atoms with Gasteiger partial charge in [-0.2, -0.15) is 5.06 Å². The van der Waals surface area contributed by atoms with Crippen molar-refractivity contribution in [2.75, 3.05) is 32.8 Å². The molecule has 2 aromatic carbocycles. The van der Waals surface area contributed by atoms with Crippen LogP contribution in [0.25, 0.3) is 0 Å². The average molecular weight is 673 g/mol. The van der Waals surface area contributed by atoms with E-state index in [2.05, 4.69) is 46.4 Å². The summed E-state index contributed by atoms with van der Waals surface area (Å²) in [6, 6.07) is 18.9. The third-order valence-electron chi connectivity index (χ3n) is 10.6. The Morgan fingerprint density at radius 2 is 1.84 bits per heavy atom. The lowest BCUT2D eigenvalue weighted by Gasteiger charge is -2.39. The van der Waals surface area contributed by atoms with E-state index in [0.29, 0.717) is 18.7 Å². The standard InChI is InChI=1S/C40H56N4O5/c1-3-4-11-20-40(22-13-23-41-38(47)33-17-9-6-10-18-33)21-12-16-32(25-40)27-44-37(36(30(2)46)35(29-45)49-44)39(48)42-34-19-24-43(28-34)26-31-14-7-5-8-15-31/h5-10,14-15,17-18,30,32,34-37,45-46H,3-4,11-12,16,19-21,23-29H2,1-2H3,(H,41,47)(H,42,48)/t30?,32?,34-,35-,36+,37-,40?/m1/s1. The molecule has 3 unspecified atom stereocenters. The van der Waals surface area contributed by atoms with Crippen LogP contribution in [0.1, 0.15) is 87.6 Å². The first-order valence-electron chi connectivity index (χ1n) is 18.4. The number of nitrogens with zero attached hydrogens (tertiary/aromatic N) is 2. The van der Waals surface area contributed by atoms with Crippen molar-refractivity contribution < 1.29 is 24.6 Å². The van der Waals surface area contributed by atoms with E-state index in [1.807, 2.05) is 36.4 Å². The van der Waals surface area contributed by atoms with Crippen LogP contribution in [0.3, 0.4) is 0 Å². The zero-order valence-corrected chi connectivity index (χ0v) is 29.4. The first-order chi connectivity index (χ1) is 23.8. The van der Waals surface area contributed by atoms with Crippen molar-refractivity contribution in [1.82, 2.24) is 20.6 Å². The summed E-state index contributed by atoms with van der Waals surface area (Å²) in [7, 11) is 0. The Morgan fingerprint density at radius 3 is 2.55 bits per heavy atom. The Hall–Kier alpha value is -3.26. The quantitative estimate of drug-likeness (QED) is 0.172. The smallest absolute Gasteiger partial charge is 0.252 e. The van der Waals surface area contributed by atoms with Crippen LogP contribution in [0.5, 0.6) is 0 Å². The molecule has 5 rings (SSSR count). The Kier molecular flexibility index (Phi) is 13.7. The van der Waals surface area contributed by atoms with Gasteiger partial charge in [0.1, 0.15) is 12.1 Å². The Bertz CT molecular complexity index is 1400. The van der Waals surface area contributed by atoms with Gasteiger partial charge in [0.25, 0.3) is 5.91 Å². The molecule has 49 heavy (non-hydrogen) atoms. The molecule has 3 aliphatic rings. The normalized spacial score (nSPS) is 28.0. The molecule has 2 heterocycles. The predicted octanol–water partition coefficient (Wildman–Crippen LogP) is 4.54. The van der Waals surface area contributed by atoms with E-state index in [9.17, 15) is 19.8 Å². The monoisotopic (exact) mass is 672 g/mol. The summed E-state index contributed by atoms with van der Waals surface area (Å²) in [5.41, 5.74) is 1.71. The van der Waals surface area contributed by atoms with E-state index < -0.39 is 24.2 Å². The van der Waals surface area contributed by atoms with Crippen LogP contribution in [0.2, 0.25) is 0 Å². The minimum atomic E-state index is -0.826. The number of aliphatic hydroxyl groups is 2. The van der Waals surface area contributed by atoms with E-state index in [1.54, 1.807) is 24.1 Å². The number of amides is 2. The first kappa shape index (κ1) is 37.0. The molecule has 0 aromatic heterocycles. The molecule has 266 valence electrons. The van der Waals surface area contributed by atoms with Gasteiger partial charge in [0.05, 0.1) is 19.3 Å². The summed E-state index contributed by atoms with van der Waals surface area (Å²) < 4.78 is 0. The number of hydroxylamine groups is 2. The lowest BCUT2D eigenvalue weighted by atomic mass is 9.67. The number of nitrogens with one attached hydrogen (secondary N) is 2. The largest absolute Gasteiger partial charge is 0.394 e. The predicted molar refractivity (Wildman–Crippen MR) is 191 cm³/mol. The van der Waals surface area contributed by atoms with Crippen LogP contribution < -0.4 is 10.6 Å². The van der Waals surface area contributed by atoms with Gasteiger partial charge in [-0.15, -0.1) is 0 Å². The van der Waals surface area contributed by atoms with Gasteiger partial charge in [-0.1, -0.05) is 93.0 Å². The van der Waals surface area contributed by atoms with Gasteiger partial charge in [0.2, 0.25) is 5.91 Å². The van der Waals surface area contributed by atoms with Gasteiger partial charge < -0.3 is 20.8 Å². The van der Waals surface area contributed by atoms with Crippen molar-refractivity contribution in [3.63, 3.8) is 0 Å². The average Bonchev–Trinajstić information content (AvgIpc) is 3.71. The summed E-state index contributed by atoms with van der Waals surface area (Å²) in [6.07, 6.45) is 7.67. The second-order valence-electron chi connectivity index (χ2n) is 14.5. The highest BCUT2D eigenvalue weighted by atomic mass is 16.7. The van der Waals surface area contributed by atoms with Crippen LogP contribution in [-0.2, 0) is 16.2 Å². The highest BCUT2D eigenvalue weighted by Crippen LogP contribution is 2.44. The molecule has 3 fully saturated rings. The van der Waals surface area contributed by atoms with E-state index in [-0.39, 0.29) is 35.8 Å². The Balaban J connectivity index is 1.24. The number of unbranched alkanes of at least 4 members (excludes halogenated alkanes) is 2. The Morgan fingerprint density at radius 1 is 1.08 bits per heavy atom. The fraction of sp³-hybridized carbons (Fsp3) is 0.600. The maximum Gasteiger partial charge on any atom is 0.252 e. The van der Waals surface area contributed by atoms with Crippen molar-refractivity contribution in [2.45, 2.75) is 102 Å². The third kappa shape index (κ3) is 10.1. The van der Waals surface area contributed by atoms with Crippen LogP contribution in [0.15, 0.2) is 60.7 Å². The highest BCUT2D eigenvalue weighted by Gasteiger charge is 2.50. The summed E-state index contributed by atoms with van der Waals surface area (Å²) in [6.45, 7) is 6.97. The van der Waals surface area contributed by atoms with Gasteiger partial charge in [0, 0.05) is 49.1 Å². The van der Waals surface area contributed by atoms with Crippen LogP contribution in [0, 0.1) is 29.1 Å². The molecule has 0 bridgehead atoms. The molecule has 7 atom stereocenters. The van der Waals surface area contributed by atoms with Crippen LogP contribution >= 0.6 is 0 Å². The number of aliphatic hydroxyl groups excluding tert-OH is 2. The topological polar surface area (TPSA) is 114 Å².